The third kappa shape index (κ3) is 4.86. The van der Waals surface area contributed by atoms with Gasteiger partial charge in [0.1, 0.15) is 6.04 Å². The molecule has 18 heavy (non-hydrogen) atoms. The van der Waals surface area contributed by atoms with Crippen LogP contribution in [0.15, 0.2) is 30.3 Å². The van der Waals surface area contributed by atoms with Crippen LogP contribution < -0.4 is 5.32 Å². The van der Waals surface area contributed by atoms with Crippen molar-refractivity contribution in [3.05, 3.63) is 35.9 Å². The summed E-state index contributed by atoms with van der Waals surface area (Å²) in [6, 6.07) is 8.60. The summed E-state index contributed by atoms with van der Waals surface area (Å²) >= 11 is 0. The van der Waals surface area contributed by atoms with E-state index >= 15 is 0 Å². The Bertz CT molecular complexity index is 391. The van der Waals surface area contributed by atoms with E-state index in [1.807, 2.05) is 30.3 Å². The summed E-state index contributed by atoms with van der Waals surface area (Å²) in [4.78, 5) is 22.2. The van der Waals surface area contributed by atoms with Gasteiger partial charge in [0.15, 0.2) is 0 Å². The van der Waals surface area contributed by atoms with Gasteiger partial charge in [0.05, 0.1) is 6.61 Å². The van der Waals surface area contributed by atoms with E-state index in [4.69, 9.17) is 5.11 Å². The summed E-state index contributed by atoms with van der Waals surface area (Å²) in [7, 11) is 0. The summed E-state index contributed by atoms with van der Waals surface area (Å²) in [5.74, 6) is -1.06. The lowest BCUT2D eigenvalue weighted by atomic mass is 10.1. The normalized spacial score (nSPS) is 11.6. The van der Waals surface area contributed by atoms with E-state index in [0.717, 1.165) is 5.56 Å². The highest BCUT2D eigenvalue weighted by molar-refractivity contribution is 5.79. The van der Waals surface area contributed by atoms with Gasteiger partial charge in [-0.25, -0.2) is 9.59 Å². The Hall–Kier alpha value is -2.04. The van der Waals surface area contributed by atoms with E-state index in [9.17, 15) is 9.59 Å². The average Bonchev–Trinajstić information content (AvgIpc) is 2.35. The molecule has 0 fully saturated rings. The zero-order valence-corrected chi connectivity index (χ0v) is 10.3. The van der Waals surface area contributed by atoms with E-state index in [1.54, 1.807) is 6.92 Å². The molecule has 0 aliphatic rings. The summed E-state index contributed by atoms with van der Waals surface area (Å²) in [6.45, 7) is 1.89. The minimum absolute atomic E-state index is 0.219. The van der Waals surface area contributed by atoms with Gasteiger partial charge in [-0.1, -0.05) is 30.3 Å². The second-order valence-electron chi connectivity index (χ2n) is 3.78. The minimum Gasteiger partial charge on any atom is -0.480 e. The third-order valence-corrected chi connectivity index (χ3v) is 2.43. The topological polar surface area (TPSA) is 75.6 Å². The molecule has 1 amide bonds. The molecule has 0 bridgehead atoms. The largest absolute Gasteiger partial charge is 0.480 e. The van der Waals surface area contributed by atoms with Gasteiger partial charge >= 0.3 is 12.1 Å². The maximum absolute atomic E-state index is 11.2. The number of carboxylic acid groups (broad SMARTS) is 1. The number of amides is 1. The van der Waals surface area contributed by atoms with Gasteiger partial charge in [0, 0.05) is 0 Å². The van der Waals surface area contributed by atoms with Gasteiger partial charge in [0.2, 0.25) is 0 Å². The Morgan fingerprint density at radius 2 is 2.00 bits per heavy atom. The number of alkyl carbamates (subject to hydrolysis) is 1. The second kappa shape index (κ2) is 7.32. The highest BCUT2D eigenvalue weighted by Crippen LogP contribution is 2.05. The number of carbonyl (C=O) groups excluding carboxylic acids is 1. The molecule has 0 radical (unpaired) electrons. The van der Waals surface area contributed by atoms with Gasteiger partial charge in [-0.15, -0.1) is 0 Å². The molecule has 0 heterocycles. The summed E-state index contributed by atoms with van der Waals surface area (Å²) in [5, 5.41) is 11.3. The highest BCUT2D eigenvalue weighted by atomic mass is 16.5. The number of carbonyl (C=O) groups is 2. The Morgan fingerprint density at radius 3 is 2.56 bits per heavy atom. The Balaban J connectivity index is 2.48. The van der Waals surface area contributed by atoms with Crippen molar-refractivity contribution in [3.8, 4) is 0 Å². The third-order valence-electron chi connectivity index (χ3n) is 2.43. The number of nitrogens with one attached hydrogen (secondary N) is 1. The smallest absolute Gasteiger partial charge is 0.407 e. The van der Waals surface area contributed by atoms with Crippen LogP contribution in [0.5, 0.6) is 0 Å². The van der Waals surface area contributed by atoms with E-state index < -0.39 is 18.1 Å². The summed E-state index contributed by atoms with van der Waals surface area (Å²) in [5.41, 5.74) is 1.04. The quantitative estimate of drug-likeness (QED) is 0.808. The maximum atomic E-state index is 11.2. The molecule has 0 spiro atoms. The van der Waals surface area contributed by atoms with Crippen LogP contribution in [0.25, 0.3) is 0 Å². The van der Waals surface area contributed by atoms with Gasteiger partial charge in [-0.3, -0.25) is 0 Å². The maximum Gasteiger partial charge on any atom is 0.407 e. The van der Waals surface area contributed by atoms with Crippen molar-refractivity contribution in [2.75, 3.05) is 6.61 Å². The summed E-state index contributed by atoms with van der Waals surface area (Å²) < 4.78 is 4.66. The number of hydrogen-bond donors (Lipinski definition) is 2. The molecule has 0 aliphatic carbocycles. The van der Waals surface area contributed by atoms with Gasteiger partial charge in [-0.05, 0) is 25.3 Å². The Kier molecular flexibility index (Phi) is 5.70. The fourth-order valence-electron chi connectivity index (χ4n) is 1.53. The molecule has 0 aliphatic heterocycles. The first kappa shape index (κ1) is 14.0. The van der Waals surface area contributed by atoms with E-state index in [0.29, 0.717) is 12.8 Å². The highest BCUT2D eigenvalue weighted by Gasteiger charge is 2.20. The van der Waals surface area contributed by atoms with Crippen molar-refractivity contribution < 1.29 is 19.4 Å². The predicted molar refractivity (Wildman–Crippen MR) is 66.3 cm³/mol. The molecule has 0 saturated carbocycles. The molecular weight excluding hydrogens is 234 g/mol. The zero-order chi connectivity index (χ0) is 13.4. The van der Waals surface area contributed by atoms with Crippen LogP contribution in [0.2, 0.25) is 0 Å². The van der Waals surface area contributed by atoms with Gasteiger partial charge in [0.25, 0.3) is 0 Å². The number of carboxylic acids is 1. The van der Waals surface area contributed by atoms with Crippen LogP contribution in [-0.2, 0) is 16.0 Å². The second-order valence-corrected chi connectivity index (χ2v) is 3.78. The molecule has 0 unspecified atom stereocenters. The molecule has 5 nitrogen and oxygen atoms in total. The molecule has 1 rings (SSSR count). The monoisotopic (exact) mass is 251 g/mol. The van der Waals surface area contributed by atoms with Crippen LogP contribution >= 0.6 is 0 Å². The first-order chi connectivity index (χ1) is 8.63. The van der Waals surface area contributed by atoms with E-state index in [1.165, 1.54) is 0 Å². The van der Waals surface area contributed by atoms with Gasteiger partial charge < -0.3 is 15.2 Å². The van der Waals surface area contributed by atoms with E-state index in [-0.39, 0.29) is 6.61 Å². The van der Waals surface area contributed by atoms with Crippen molar-refractivity contribution in [3.63, 3.8) is 0 Å². The zero-order valence-electron chi connectivity index (χ0n) is 10.3. The Morgan fingerprint density at radius 1 is 1.33 bits per heavy atom. The summed E-state index contributed by atoms with van der Waals surface area (Å²) in [6.07, 6.45) is 0.223. The predicted octanol–water partition coefficient (Wildman–Crippen LogP) is 1.82. The molecular formula is C13H17NO4. The van der Waals surface area contributed by atoms with Crippen molar-refractivity contribution in [2.45, 2.75) is 25.8 Å². The SMILES string of the molecule is CCOC(=O)N[C@@H](CCc1ccccc1)C(=O)O. The van der Waals surface area contributed by atoms with Gasteiger partial charge in [-0.2, -0.15) is 0 Å². The molecule has 1 atom stereocenters. The first-order valence-corrected chi connectivity index (χ1v) is 5.83. The number of ether oxygens (including phenoxy) is 1. The molecule has 2 N–H and O–H groups in total. The van der Waals surface area contributed by atoms with Crippen molar-refractivity contribution >= 4 is 12.1 Å². The molecule has 0 aromatic heterocycles. The fraction of sp³-hybridized carbons (Fsp3) is 0.385. The molecule has 98 valence electrons. The Labute approximate surface area is 106 Å². The molecule has 5 heteroatoms. The average molecular weight is 251 g/mol. The fourth-order valence-corrected chi connectivity index (χ4v) is 1.53. The van der Waals surface area contributed by atoms with Crippen molar-refractivity contribution in [1.29, 1.82) is 0 Å². The number of hydrogen-bond acceptors (Lipinski definition) is 3. The lowest BCUT2D eigenvalue weighted by Gasteiger charge is -2.14. The molecule has 1 aromatic carbocycles. The number of rotatable bonds is 6. The van der Waals surface area contributed by atoms with Crippen LogP contribution in [0, 0.1) is 0 Å². The van der Waals surface area contributed by atoms with Crippen LogP contribution in [0.3, 0.4) is 0 Å². The number of benzene rings is 1. The van der Waals surface area contributed by atoms with Crippen LogP contribution in [0.4, 0.5) is 4.79 Å². The lowest BCUT2D eigenvalue weighted by Crippen LogP contribution is -2.41. The van der Waals surface area contributed by atoms with E-state index in [2.05, 4.69) is 10.1 Å². The van der Waals surface area contributed by atoms with Crippen molar-refractivity contribution in [1.82, 2.24) is 5.32 Å². The minimum atomic E-state index is -1.06. The van der Waals surface area contributed by atoms with Crippen LogP contribution in [-0.4, -0.2) is 29.8 Å². The molecule has 0 saturated heterocycles. The first-order valence-electron chi connectivity index (χ1n) is 5.83. The number of aryl methyl sites for hydroxylation is 1. The molecule has 1 aromatic rings. The van der Waals surface area contributed by atoms with Crippen molar-refractivity contribution in [2.24, 2.45) is 0 Å². The standard InChI is InChI=1S/C13H17NO4/c1-2-18-13(17)14-11(12(15)16)9-8-10-6-4-3-5-7-10/h3-7,11H,2,8-9H2,1H3,(H,14,17)(H,15,16)/t11-/m0/s1. The lowest BCUT2D eigenvalue weighted by molar-refractivity contribution is -0.139. The number of aliphatic carboxylic acids is 1. The van der Waals surface area contributed by atoms with Crippen LogP contribution in [0.1, 0.15) is 18.9 Å².